The lowest BCUT2D eigenvalue weighted by molar-refractivity contribution is 0.345. The van der Waals surface area contributed by atoms with Gasteiger partial charge in [0.25, 0.3) is 0 Å². The topological polar surface area (TPSA) is 15.3 Å². The Hall–Kier alpha value is -0.860. The average molecular weight is 204 g/mol. The van der Waals surface area contributed by atoms with Crippen molar-refractivity contribution >= 4 is 0 Å². The van der Waals surface area contributed by atoms with Crippen LogP contribution in [0.25, 0.3) is 0 Å². The Morgan fingerprint density at radius 3 is 3.00 bits per heavy atom. The molecule has 2 nitrogen and oxygen atoms in total. The van der Waals surface area contributed by atoms with Gasteiger partial charge in [-0.2, -0.15) is 0 Å². The first-order chi connectivity index (χ1) is 7.29. The molecule has 0 saturated heterocycles. The highest BCUT2D eigenvalue weighted by Crippen LogP contribution is 2.16. The van der Waals surface area contributed by atoms with Crippen molar-refractivity contribution < 1.29 is 0 Å². The number of benzene rings is 1. The number of rotatable bonds is 3. The molecule has 1 aromatic carbocycles. The predicted molar refractivity (Wildman–Crippen MR) is 63.9 cm³/mol. The maximum absolute atomic E-state index is 3.40. The highest BCUT2D eigenvalue weighted by Gasteiger charge is 2.09. The number of hydrogen-bond donors (Lipinski definition) is 1. The maximum atomic E-state index is 3.40. The van der Waals surface area contributed by atoms with Gasteiger partial charge in [-0.1, -0.05) is 25.1 Å². The molecule has 0 atom stereocenters. The van der Waals surface area contributed by atoms with Crippen molar-refractivity contribution in [3.05, 3.63) is 34.9 Å². The van der Waals surface area contributed by atoms with Gasteiger partial charge in [-0.3, -0.25) is 0 Å². The third-order valence-electron chi connectivity index (χ3n) is 3.15. The summed E-state index contributed by atoms with van der Waals surface area (Å²) in [5.74, 6) is 0. The van der Waals surface area contributed by atoms with Crippen LogP contribution >= 0.6 is 0 Å². The molecule has 1 aromatic rings. The summed E-state index contributed by atoms with van der Waals surface area (Å²) >= 11 is 0. The molecule has 0 bridgehead atoms. The van der Waals surface area contributed by atoms with Crippen LogP contribution in [0.2, 0.25) is 0 Å². The van der Waals surface area contributed by atoms with E-state index in [-0.39, 0.29) is 0 Å². The van der Waals surface area contributed by atoms with Crippen molar-refractivity contribution in [1.29, 1.82) is 0 Å². The molecule has 0 spiro atoms. The van der Waals surface area contributed by atoms with Crippen LogP contribution in [0, 0.1) is 0 Å². The van der Waals surface area contributed by atoms with Crippen LogP contribution in [0.1, 0.15) is 23.6 Å². The van der Waals surface area contributed by atoms with E-state index in [0.717, 1.165) is 26.2 Å². The van der Waals surface area contributed by atoms with E-state index in [0.29, 0.717) is 0 Å². The van der Waals surface area contributed by atoms with Gasteiger partial charge < -0.3 is 10.2 Å². The Morgan fingerprint density at radius 2 is 2.20 bits per heavy atom. The van der Waals surface area contributed by atoms with Gasteiger partial charge in [-0.05, 0) is 43.2 Å². The zero-order chi connectivity index (χ0) is 10.7. The summed E-state index contributed by atoms with van der Waals surface area (Å²) in [6, 6.07) is 6.92. The Bertz CT molecular complexity index is 333. The summed E-state index contributed by atoms with van der Waals surface area (Å²) in [6.07, 6.45) is 1.18. The van der Waals surface area contributed by atoms with Gasteiger partial charge in [0.1, 0.15) is 0 Å². The third-order valence-corrected chi connectivity index (χ3v) is 3.15. The van der Waals surface area contributed by atoms with E-state index in [2.05, 4.69) is 42.4 Å². The van der Waals surface area contributed by atoms with Crippen LogP contribution in [0.5, 0.6) is 0 Å². The van der Waals surface area contributed by atoms with E-state index >= 15 is 0 Å². The minimum absolute atomic E-state index is 1.04. The summed E-state index contributed by atoms with van der Waals surface area (Å²) in [7, 11) is 2.17. The molecule has 82 valence electrons. The van der Waals surface area contributed by atoms with Crippen LogP contribution in [-0.4, -0.2) is 25.0 Å². The number of nitrogens with one attached hydrogen (secondary N) is 1. The second-order valence-electron chi connectivity index (χ2n) is 4.36. The molecule has 0 fully saturated rings. The summed E-state index contributed by atoms with van der Waals surface area (Å²) in [4.78, 5) is 2.34. The Kier molecular flexibility index (Phi) is 3.39. The SMILES string of the molecule is CCN(C)Cc1ccc2c(c1)CCNC2. The second kappa shape index (κ2) is 4.77. The van der Waals surface area contributed by atoms with E-state index in [1.807, 2.05) is 0 Å². The van der Waals surface area contributed by atoms with E-state index in [1.54, 1.807) is 0 Å². The smallest absolute Gasteiger partial charge is 0.0230 e. The minimum Gasteiger partial charge on any atom is -0.312 e. The van der Waals surface area contributed by atoms with Crippen LogP contribution in [0.4, 0.5) is 0 Å². The maximum Gasteiger partial charge on any atom is 0.0230 e. The second-order valence-corrected chi connectivity index (χ2v) is 4.36. The molecular formula is C13H20N2. The van der Waals surface area contributed by atoms with Crippen LogP contribution in [-0.2, 0) is 19.5 Å². The lowest BCUT2D eigenvalue weighted by Crippen LogP contribution is -2.24. The first kappa shape index (κ1) is 10.7. The Balaban J connectivity index is 2.13. The predicted octanol–water partition coefficient (Wildman–Crippen LogP) is 1.78. The zero-order valence-corrected chi connectivity index (χ0v) is 9.71. The normalized spacial score (nSPS) is 15.4. The van der Waals surface area contributed by atoms with Gasteiger partial charge >= 0.3 is 0 Å². The third kappa shape index (κ3) is 2.58. The summed E-state index contributed by atoms with van der Waals surface area (Å²) in [5.41, 5.74) is 4.46. The molecule has 15 heavy (non-hydrogen) atoms. The van der Waals surface area contributed by atoms with Gasteiger partial charge in [0.05, 0.1) is 0 Å². The molecule has 1 heterocycles. The Labute approximate surface area is 92.3 Å². The van der Waals surface area contributed by atoms with Gasteiger partial charge in [-0.25, -0.2) is 0 Å². The highest BCUT2D eigenvalue weighted by atomic mass is 15.1. The van der Waals surface area contributed by atoms with Gasteiger partial charge in [0.2, 0.25) is 0 Å². The van der Waals surface area contributed by atoms with Gasteiger partial charge in [0.15, 0.2) is 0 Å². The highest BCUT2D eigenvalue weighted by molar-refractivity contribution is 5.33. The fraction of sp³-hybridized carbons (Fsp3) is 0.538. The van der Waals surface area contributed by atoms with E-state index in [1.165, 1.54) is 23.1 Å². The monoisotopic (exact) mass is 204 g/mol. The standard InChI is InChI=1S/C13H20N2/c1-3-15(2)10-11-4-5-13-9-14-7-6-12(13)8-11/h4-5,8,14H,3,6-7,9-10H2,1-2H3. The van der Waals surface area contributed by atoms with Crippen molar-refractivity contribution in [3.63, 3.8) is 0 Å². The summed E-state index contributed by atoms with van der Waals surface area (Å²) in [6.45, 7) is 6.54. The largest absolute Gasteiger partial charge is 0.312 e. The lowest BCUT2D eigenvalue weighted by Gasteiger charge is -2.19. The van der Waals surface area contributed by atoms with Crippen molar-refractivity contribution in [1.82, 2.24) is 10.2 Å². The fourth-order valence-electron chi connectivity index (χ4n) is 2.05. The van der Waals surface area contributed by atoms with E-state index < -0.39 is 0 Å². The fourth-order valence-corrected chi connectivity index (χ4v) is 2.05. The van der Waals surface area contributed by atoms with E-state index in [9.17, 15) is 0 Å². The molecule has 2 rings (SSSR count). The molecule has 1 N–H and O–H groups in total. The van der Waals surface area contributed by atoms with Crippen molar-refractivity contribution in [2.75, 3.05) is 20.1 Å². The van der Waals surface area contributed by atoms with E-state index in [4.69, 9.17) is 0 Å². The molecule has 0 saturated carbocycles. The summed E-state index contributed by atoms with van der Waals surface area (Å²) in [5, 5.41) is 3.40. The molecule has 0 aromatic heterocycles. The molecule has 1 aliphatic rings. The number of fused-ring (bicyclic) bond motifs is 1. The molecule has 0 radical (unpaired) electrons. The first-order valence-electron chi connectivity index (χ1n) is 5.79. The zero-order valence-electron chi connectivity index (χ0n) is 9.71. The molecule has 0 aliphatic carbocycles. The minimum atomic E-state index is 1.04. The number of hydrogen-bond acceptors (Lipinski definition) is 2. The van der Waals surface area contributed by atoms with Gasteiger partial charge in [-0.15, -0.1) is 0 Å². The van der Waals surface area contributed by atoms with Crippen LogP contribution in [0.15, 0.2) is 18.2 Å². The Morgan fingerprint density at radius 1 is 1.33 bits per heavy atom. The first-order valence-corrected chi connectivity index (χ1v) is 5.79. The molecule has 0 amide bonds. The lowest BCUT2D eigenvalue weighted by atomic mass is 9.98. The van der Waals surface area contributed by atoms with Crippen molar-refractivity contribution in [3.8, 4) is 0 Å². The molecule has 1 aliphatic heterocycles. The molecule has 0 unspecified atom stereocenters. The number of nitrogens with zero attached hydrogens (tertiary/aromatic N) is 1. The van der Waals surface area contributed by atoms with Crippen LogP contribution < -0.4 is 5.32 Å². The van der Waals surface area contributed by atoms with Crippen LogP contribution in [0.3, 0.4) is 0 Å². The van der Waals surface area contributed by atoms with Crippen molar-refractivity contribution in [2.45, 2.75) is 26.4 Å². The van der Waals surface area contributed by atoms with Crippen molar-refractivity contribution in [2.24, 2.45) is 0 Å². The molecular weight excluding hydrogens is 184 g/mol. The van der Waals surface area contributed by atoms with Gasteiger partial charge in [0, 0.05) is 13.1 Å². The summed E-state index contributed by atoms with van der Waals surface area (Å²) < 4.78 is 0. The quantitative estimate of drug-likeness (QED) is 0.807. The average Bonchev–Trinajstić information content (AvgIpc) is 2.29. The molecule has 2 heteroatoms.